The van der Waals surface area contributed by atoms with Gasteiger partial charge in [0.1, 0.15) is 12.9 Å². The average molecular weight is 342 g/mol. The van der Waals surface area contributed by atoms with Crippen molar-refractivity contribution >= 4 is 22.4 Å². The van der Waals surface area contributed by atoms with Crippen LogP contribution in [0.4, 0.5) is 5.13 Å². The topological polar surface area (TPSA) is 85.6 Å². The molecule has 0 unspecified atom stereocenters. The second-order valence-electron chi connectivity index (χ2n) is 5.52. The lowest BCUT2D eigenvalue weighted by Crippen LogP contribution is -2.19. The fourth-order valence-electron chi connectivity index (χ4n) is 2.24. The van der Waals surface area contributed by atoms with E-state index in [1.54, 1.807) is 0 Å². The number of anilines is 1. The number of hydrogen-bond donors (Lipinski definition) is 1. The zero-order valence-corrected chi connectivity index (χ0v) is 14.3. The van der Waals surface area contributed by atoms with Gasteiger partial charge in [-0.1, -0.05) is 38.1 Å². The van der Waals surface area contributed by atoms with Gasteiger partial charge in [-0.3, -0.25) is 4.79 Å². The van der Waals surface area contributed by atoms with Crippen LogP contribution in [0.15, 0.2) is 36.0 Å². The van der Waals surface area contributed by atoms with Crippen molar-refractivity contribution < 1.29 is 4.79 Å². The third kappa shape index (κ3) is 3.83. The molecular weight excluding hydrogens is 324 g/mol. The number of benzene rings is 1. The van der Waals surface area contributed by atoms with Gasteiger partial charge in [0.05, 0.1) is 5.69 Å². The number of rotatable bonds is 6. The molecule has 2 heterocycles. The molecule has 0 bridgehead atoms. The second kappa shape index (κ2) is 7.31. The number of carbonyl (C=O) groups is 1. The van der Waals surface area contributed by atoms with Gasteiger partial charge >= 0.3 is 0 Å². The minimum absolute atomic E-state index is 0.0610. The Labute approximate surface area is 143 Å². The van der Waals surface area contributed by atoms with Gasteiger partial charge in [0.25, 0.3) is 0 Å². The van der Waals surface area contributed by atoms with Crippen LogP contribution in [0.25, 0.3) is 11.3 Å². The molecule has 2 aromatic heterocycles. The molecule has 1 atom stereocenters. The van der Waals surface area contributed by atoms with Crippen LogP contribution in [0, 0.1) is 0 Å². The summed E-state index contributed by atoms with van der Waals surface area (Å²) in [5.74, 6) is 0.339. The molecule has 8 heteroatoms. The van der Waals surface area contributed by atoms with Crippen molar-refractivity contribution in [2.45, 2.75) is 32.7 Å². The van der Waals surface area contributed by atoms with Crippen LogP contribution in [0.1, 0.15) is 31.7 Å². The average Bonchev–Trinajstić information content (AvgIpc) is 3.26. The summed E-state index contributed by atoms with van der Waals surface area (Å²) in [5, 5.41) is 15.9. The SMILES string of the molecule is CC[C@H](C)c1ccc(-c2csc(NC(=O)Cn3cnnn3)n2)cc1. The highest BCUT2D eigenvalue weighted by Crippen LogP contribution is 2.27. The van der Waals surface area contributed by atoms with E-state index >= 15 is 0 Å². The monoisotopic (exact) mass is 342 g/mol. The Hall–Kier alpha value is -2.61. The van der Waals surface area contributed by atoms with Crippen molar-refractivity contribution in [2.75, 3.05) is 5.32 Å². The van der Waals surface area contributed by atoms with Crippen LogP contribution in [0.5, 0.6) is 0 Å². The molecule has 0 spiro atoms. The van der Waals surface area contributed by atoms with Crippen LogP contribution in [-0.4, -0.2) is 31.1 Å². The maximum Gasteiger partial charge on any atom is 0.248 e. The third-order valence-corrected chi connectivity index (χ3v) is 4.59. The standard InChI is InChI=1S/C16H18N6OS/c1-3-11(2)12-4-6-13(7-5-12)14-9-24-16(18-14)19-15(23)8-22-10-17-20-21-22/h4-7,9-11H,3,8H2,1-2H3,(H,18,19,23)/t11-/m0/s1. The van der Waals surface area contributed by atoms with Crippen molar-refractivity contribution in [2.24, 2.45) is 0 Å². The van der Waals surface area contributed by atoms with E-state index < -0.39 is 0 Å². The molecule has 0 fully saturated rings. The molecule has 24 heavy (non-hydrogen) atoms. The Morgan fingerprint density at radius 1 is 1.33 bits per heavy atom. The van der Waals surface area contributed by atoms with Crippen molar-refractivity contribution in [3.05, 3.63) is 41.5 Å². The first kappa shape index (κ1) is 16.3. The Morgan fingerprint density at radius 3 is 2.79 bits per heavy atom. The lowest BCUT2D eigenvalue weighted by Gasteiger charge is -2.08. The molecule has 1 amide bonds. The molecule has 3 aromatic rings. The molecule has 3 rings (SSSR count). The fraction of sp³-hybridized carbons (Fsp3) is 0.312. The first-order chi connectivity index (χ1) is 11.7. The first-order valence-electron chi connectivity index (χ1n) is 7.72. The zero-order chi connectivity index (χ0) is 16.9. The predicted octanol–water partition coefficient (Wildman–Crippen LogP) is 2.95. The summed E-state index contributed by atoms with van der Waals surface area (Å²) in [5.41, 5.74) is 3.22. The van der Waals surface area contributed by atoms with E-state index in [0.29, 0.717) is 11.0 Å². The Bertz CT molecular complexity index is 796. The third-order valence-electron chi connectivity index (χ3n) is 3.84. The molecule has 7 nitrogen and oxygen atoms in total. The lowest BCUT2D eigenvalue weighted by atomic mass is 9.97. The smallest absolute Gasteiger partial charge is 0.248 e. The summed E-state index contributed by atoms with van der Waals surface area (Å²) in [7, 11) is 0. The Kier molecular flexibility index (Phi) is 4.95. The Balaban J connectivity index is 1.65. The number of hydrogen-bond acceptors (Lipinski definition) is 6. The highest BCUT2D eigenvalue weighted by molar-refractivity contribution is 7.14. The van der Waals surface area contributed by atoms with Gasteiger partial charge in [0.15, 0.2) is 5.13 Å². The van der Waals surface area contributed by atoms with Gasteiger partial charge in [0, 0.05) is 10.9 Å². The van der Waals surface area contributed by atoms with E-state index in [-0.39, 0.29) is 12.5 Å². The van der Waals surface area contributed by atoms with Crippen LogP contribution >= 0.6 is 11.3 Å². The summed E-state index contributed by atoms with van der Waals surface area (Å²) in [4.78, 5) is 16.4. The van der Waals surface area contributed by atoms with Crippen molar-refractivity contribution in [3.63, 3.8) is 0 Å². The number of nitrogens with one attached hydrogen (secondary N) is 1. The molecule has 1 aromatic carbocycles. The van der Waals surface area contributed by atoms with Gasteiger partial charge in [-0.25, -0.2) is 9.67 Å². The molecule has 1 N–H and O–H groups in total. The molecular formula is C16H18N6OS. The normalized spacial score (nSPS) is 12.1. The van der Waals surface area contributed by atoms with E-state index in [2.05, 4.69) is 63.9 Å². The van der Waals surface area contributed by atoms with Crippen molar-refractivity contribution in [3.8, 4) is 11.3 Å². The molecule has 0 aliphatic heterocycles. The highest BCUT2D eigenvalue weighted by atomic mass is 32.1. The summed E-state index contributed by atoms with van der Waals surface area (Å²) >= 11 is 1.40. The summed E-state index contributed by atoms with van der Waals surface area (Å²) in [6.45, 7) is 4.46. The van der Waals surface area contributed by atoms with Crippen LogP contribution < -0.4 is 5.32 Å². The van der Waals surface area contributed by atoms with Gasteiger partial charge < -0.3 is 5.32 Å². The largest absolute Gasteiger partial charge is 0.300 e. The van der Waals surface area contributed by atoms with Gasteiger partial charge in [0.2, 0.25) is 5.91 Å². The molecule has 0 saturated carbocycles. The first-order valence-corrected chi connectivity index (χ1v) is 8.60. The number of carbonyl (C=O) groups excluding carboxylic acids is 1. The maximum absolute atomic E-state index is 11.9. The second-order valence-corrected chi connectivity index (χ2v) is 6.38. The number of tetrazole rings is 1. The van der Waals surface area contributed by atoms with Crippen molar-refractivity contribution in [1.29, 1.82) is 0 Å². The van der Waals surface area contributed by atoms with E-state index in [9.17, 15) is 4.79 Å². The van der Waals surface area contributed by atoms with E-state index in [1.165, 1.54) is 27.9 Å². The quantitative estimate of drug-likeness (QED) is 0.744. The number of nitrogens with zero attached hydrogens (tertiary/aromatic N) is 5. The molecule has 0 saturated heterocycles. The minimum atomic E-state index is -0.213. The fourth-order valence-corrected chi connectivity index (χ4v) is 2.98. The predicted molar refractivity (Wildman–Crippen MR) is 92.7 cm³/mol. The van der Waals surface area contributed by atoms with Crippen LogP contribution in [0.2, 0.25) is 0 Å². The van der Waals surface area contributed by atoms with Gasteiger partial charge in [-0.15, -0.1) is 16.4 Å². The molecule has 0 radical (unpaired) electrons. The number of thiazole rings is 1. The van der Waals surface area contributed by atoms with E-state index in [0.717, 1.165) is 17.7 Å². The van der Waals surface area contributed by atoms with Crippen molar-refractivity contribution in [1.82, 2.24) is 25.2 Å². The molecule has 124 valence electrons. The van der Waals surface area contributed by atoms with E-state index in [4.69, 9.17) is 0 Å². The van der Waals surface area contributed by atoms with Gasteiger partial charge in [-0.2, -0.15) is 0 Å². The minimum Gasteiger partial charge on any atom is -0.300 e. The summed E-state index contributed by atoms with van der Waals surface area (Å²) in [6.07, 6.45) is 2.51. The number of amides is 1. The lowest BCUT2D eigenvalue weighted by molar-refractivity contribution is -0.116. The maximum atomic E-state index is 11.9. The highest BCUT2D eigenvalue weighted by Gasteiger charge is 2.10. The van der Waals surface area contributed by atoms with E-state index in [1.807, 2.05) is 5.38 Å². The Morgan fingerprint density at radius 2 is 2.12 bits per heavy atom. The zero-order valence-electron chi connectivity index (χ0n) is 13.5. The van der Waals surface area contributed by atoms with Crippen LogP contribution in [0.3, 0.4) is 0 Å². The number of aromatic nitrogens is 5. The molecule has 0 aliphatic carbocycles. The van der Waals surface area contributed by atoms with Crippen LogP contribution in [-0.2, 0) is 11.3 Å². The summed E-state index contributed by atoms with van der Waals surface area (Å²) in [6, 6.07) is 8.42. The van der Waals surface area contributed by atoms with Gasteiger partial charge in [-0.05, 0) is 28.3 Å². The summed E-state index contributed by atoms with van der Waals surface area (Å²) < 4.78 is 1.36. The molecule has 0 aliphatic rings.